The maximum absolute atomic E-state index is 9.89. The van der Waals surface area contributed by atoms with Crippen LogP contribution in [0.1, 0.15) is 5.56 Å². The summed E-state index contributed by atoms with van der Waals surface area (Å²) in [5.74, 6) is 1.35. The summed E-state index contributed by atoms with van der Waals surface area (Å²) < 4.78 is 10.7. The van der Waals surface area contributed by atoms with Crippen molar-refractivity contribution >= 4 is 58.1 Å². The Kier molecular flexibility index (Phi) is 7.16. The lowest BCUT2D eigenvalue weighted by Gasteiger charge is -2.15. The van der Waals surface area contributed by atoms with E-state index >= 15 is 0 Å². The van der Waals surface area contributed by atoms with E-state index in [2.05, 4.69) is 21.4 Å². The van der Waals surface area contributed by atoms with Crippen molar-refractivity contribution in [2.75, 3.05) is 25.8 Å². The number of methoxy groups -OCH3 is 2. The van der Waals surface area contributed by atoms with Crippen LogP contribution in [0.25, 0.3) is 11.3 Å². The first-order chi connectivity index (χ1) is 14.4. The number of benzene rings is 2. The second-order valence-electron chi connectivity index (χ2n) is 5.83. The van der Waals surface area contributed by atoms with Crippen LogP contribution in [-0.4, -0.2) is 30.4 Å². The Morgan fingerprint density at radius 2 is 1.67 bits per heavy atom. The van der Waals surface area contributed by atoms with Gasteiger partial charge in [0.2, 0.25) is 0 Å². The van der Waals surface area contributed by atoms with Gasteiger partial charge in [-0.05, 0) is 36.6 Å². The van der Waals surface area contributed by atoms with E-state index in [-0.39, 0.29) is 11.4 Å². The zero-order valence-electron chi connectivity index (χ0n) is 16.1. The summed E-state index contributed by atoms with van der Waals surface area (Å²) in [6, 6.07) is 10.6. The van der Waals surface area contributed by atoms with Gasteiger partial charge in [0, 0.05) is 10.6 Å². The number of halogens is 3. The lowest BCUT2D eigenvalue weighted by Crippen LogP contribution is -2.04. The molecular formula is C20H15Cl3N4O2S. The van der Waals surface area contributed by atoms with Crippen LogP contribution in [0.3, 0.4) is 0 Å². The number of thioether (sulfide) groups is 1. The molecule has 0 aliphatic heterocycles. The van der Waals surface area contributed by atoms with Crippen molar-refractivity contribution in [2.24, 2.45) is 0 Å². The molecule has 30 heavy (non-hydrogen) atoms. The molecule has 1 aromatic heterocycles. The van der Waals surface area contributed by atoms with Crippen molar-refractivity contribution in [3.63, 3.8) is 0 Å². The first-order valence-corrected chi connectivity index (χ1v) is 10.8. The molecule has 0 spiro atoms. The molecule has 10 heteroatoms. The van der Waals surface area contributed by atoms with E-state index in [1.807, 2.05) is 6.26 Å². The molecule has 0 fully saturated rings. The minimum atomic E-state index is 0.224. The molecule has 1 heterocycles. The summed E-state index contributed by atoms with van der Waals surface area (Å²) in [6.45, 7) is 0. The Bertz CT molecular complexity index is 1130. The predicted molar refractivity (Wildman–Crippen MR) is 122 cm³/mol. The van der Waals surface area contributed by atoms with Gasteiger partial charge in [-0.25, -0.2) is 9.97 Å². The van der Waals surface area contributed by atoms with Crippen LogP contribution in [0.15, 0.2) is 35.5 Å². The van der Waals surface area contributed by atoms with Crippen molar-refractivity contribution in [2.45, 2.75) is 5.16 Å². The molecule has 0 unspecified atom stereocenters. The van der Waals surface area contributed by atoms with Crippen LogP contribution in [0.2, 0.25) is 15.1 Å². The first-order valence-electron chi connectivity index (χ1n) is 8.41. The van der Waals surface area contributed by atoms with Gasteiger partial charge in [0.15, 0.2) is 22.5 Å². The lowest BCUT2D eigenvalue weighted by atomic mass is 10.1. The fourth-order valence-corrected chi connectivity index (χ4v) is 3.98. The van der Waals surface area contributed by atoms with Gasteiger partial charge < -0.3 is 14.8 Å². The monoisotopic (exact) mass is 480 g/mol. The molecule has 0 aliphatic rings. The fraction of sp³-hybridized carbons (Fsp3) is 0.150. The molecule has 0 saturated heterocycles. The summed E-state index contributed by atoms with van der Waals surface area (Å²) in [5.41, 5.74) is 1.71. The van der Waals surface area contributed by atoms with Gasteiger partial charge in [-0.3, -0.25) is 0 Å². The molecule has 3 rings (SSSR count). The fourth-order valence-electron chi connectivity index (χ4n) is 2.70. The standard InChI is InChI=1S/C20H15Cl3N4O2S/c1-28-15-5-4-10(6-16(15)29-2)17-12(9-24)19(27-20(26-17)30-3)25-18-13(22)7-11(21)8-14(18)23/h4-8H,1-3H3,(H,25,26,27). The maximum atomic E-state index is 9.89. The zero-order valence-corrected chi connectivity index (χ0v) is 19.2. The quantitative estimate of drug-likeness (QED) is 0.320. The van der Waals surface area contributed by atoms with Crippen LogP contribution >= 0.6 is 46.6 Å². The molecule has 0 radical (unpaired) electrons. The normalized spacial score (nSPS) is 10.4. The number of nitrogens with zero attached hydrogens (tertiary/aromatic N) is 3. The second kappa shape index (κ2) is 9.63. The topological polar surface area (TPSA) is 80.1 Å². The van der Waals surface area contributed by atoms with Gasteiger partial charge in [-0.2, -0.15) is 5.26 Å². The molecule has 3 aromatic rings. The van der Waals surface area contributed by atoms with Gasteiger partial charge in [0.1, 0.15) is 11.6 Å². The number of nitriles is 1. The molecule has 0 amide bonds. The summed E-state index contributed by atoms with van der Waals surface area (Å²) in [7, 11) is 3.09. The molecular weight excluding hydrogens is 467 g/mol. The highest BCUT2D eigenvalue weighted by Gasteiger charge is 2.19. The van der Waals surface area contributed by atoms with Gasteiger partial charge in [-0.15, -0.1) is 0 Å². The number of anilines is 2. The molecule has 154 valence electrons. The van der Waals surface area contributed by atoms with E-state index in [0.717, 1.165) is 0 Å². The van der Waals surface area contributed by atoms with E-state index in [1.54, 1.807) is 37.4 Å². The highest BCUT2D eigenvalue weighted by atomic mass is 35.5. The Hall–Kier alpha value is -2.37. The van der Waals surface area contributed by atoms with Crippen molar-refractivity contribution in [3.8, 4) is 28.8 Å². The third-order valence-electron chi connectivity index (χ3n) is 4.09. The molecule has 2 aromatic carbocycles. The molecule has 1 N–H and O–H groups in total. The van der Waals surface area contributed by atoms with Crippen LogP contribution in [0, 0.1) is 11.3 Å². The lowest BCUT2D eigenvalue weighted by molar-refractivity contribution is 0.355. The first kappa shape index (κ1) is 22.3. The Morgan fingerprint density at radius 1 is 1.00 bits per heavy atom. The third-order valence-corrected chi connectivity index (χ3v) is 5.45. The molecule has 0 saturated carbocycles. The Morgan fingerprint density at radius 3 is 2.23 bits per heavy atom. The second-order valence-corrected chi connectivity index (χ2v) is 7.86. The predicted octanol–water partition coefficient (Wildman–Crippen LogP) is 6.46. The van der Waals surface area contributed by atoms with Gasteiger partial charge in [-0.1, -0.05) is 46.6 Å². The average molecular weight is 482 g/mol. The smallest absolute Gasteiger partial charge is 0.189 e. The van der Waals surface area contributed by atoms with E-state index in [9.17, 15) is 5.26 Å². The molecule has 0 aliphatic carbocycles. The Labute approximate surface area is 193 Å². The summed E-state index contributed by atoms with van der Waals surface area (Å²) in [5, 5.41) is 14.4. The number of hydrogen-bond donors (Lipinski definition) is 1. The minimum absolute atomic E-state index is 0.224. The van der Waals surface area contributed by atoms with Crippen LogP contribution in [0.5, 0.6) is 11.5 Å². The molecule has 0 atom stereocenters. The summed E-state index contributed by atoms with van der Waals surface area (Å²) in [6.07, 6.45) is 1.84. The highest BCUT2D eigenvalue weighted by molar-refractivity contribution is 7.98. The van der Waals surface area contributed by atoms with Crippen molar-refractivity contribution in [1.29, 1.82) is 5.26 Å². The maximum Gasteiger partial charge on any atom is 0.189 e. The van der Waals surface area contributed by atoms with Crippen molar-refractivity contribution in [1.82, 2.24) is 9.97 Å². The highest BCUT2D eigenvalue weighted by Crippen LogP contribution is 2.39. The van der Waals surface area contributed by atoms with E-state index in [4.69, 9.17) is 44.3 Å². The average Bonchev–Trinajstić information content (AvgIpc) is 2.74. The molecule has 6 nitrogen and oxygen atoms in total. The van der Waals surface area contributed by atoms with Crippen LogP contribution < -0.4 is 14.8 Å². The van der Waals surface area contributed by atoms with Gasteiger partial charge in [0.05, 0.1) is 35.6 Å². The van der Waals surface area contributed by atoms with Gasteiger partial charge in [0.25, 0.3) is 0 Å². The van der Waals surface area contributed by atoms with E-state index < -0.39 is 0 Å². The van der Waals surface area contributed by atoms with Crippen molar-refractivity contribution in [3.05, 3.63) is 51.0 Å². The summed E-state index contributed by atoms with van der Waals surface area (Å²) >= 11 is 19.9. The SMILES string of the molecule is COc1ccc(-c2nc(SC)nc(Nc3c(Cl)cc(Cl)cc3Cl)c2C#N)cc1OC. The third kappa shape index (κ3) is 4.52. The van der Waals surface area contributed by atoms with Gasteiger partial charge >= 0.3 is 0 Å². The van der Waals surface area contributed by atoms with E-state index in [0.29, 0.717) is 48.7 Å². The number of ether oxygens (including phenoxy) is 2. The van der Waals surface area contributed by atoms with E-state index in [1.165, 1.54) is 18.9 Å². The largest absolute Gasteiger partial charge is 0.493 e. The van der Waals surface area contributed by atoms with Crippen LogP contribution in [0.4, 0.5) is 11.5 Å². The number of hydrogen-bond acceptors (Lipinski definition) is 7. The van der Waals surface area contributed by atoms with Crippen LogP contribution in [-0.2, 0) is 0 Å². The summed E-state index contributed by atoms with van der Waals surface area (Å²) in [4.78, 5) is 8.97. The number of nitrogens with one attached hydrogen (secondary N) is 1. The number of aromatic nitrogens is 2. The van der Waals surface area contributed by atoms with Crippen molar-refractivity contribution < 1.29 is 9.47 Å². The molecule has 0 bridgehead atoms. The Balaban J connectivity index is 2.19. The minimum Gasteiger partial charge on any atom is -0.493 e. The number of rotatable bonds is 6. The zero-order chi connectivity index (χ0) is 21.8.